The minimum Gasteiger partial charge on any atom is -0.491 e. The summed E-state index contributed by atoms with van der Waals surface area (Å²) in [4.78, 5) is 47.9. The normalized spacial score (nSPS) is 12.3. The lowest BCUT2D eigenvalue weighted by atomic mass is 9.90. The van der Waals surface area contributed by atoms with Crippen LogP contribution >= 0.6 is 0 Å². The highest BCUT2D eigenvalue weighted by Crippen LogP contribution is 2.31. The number of hydrogen-bond acceptors (Lipinski definition) is 7. The number of rotatable bonds is 16. The summed E-state index contributed by atoms with van der Waals surface area (Å²) in [6.07, 6.45) is 3.64. The minimum atomic E-state index is -1.48. The van der Waals surface area contributed by atoms with E-state index >= 15 is 0 Å². The van der Waals surface area contributed by atoms with Crippen molar-refractivity contribution in [2.24, 2.45) is 5.92 Å². The maximum Gasteiger partial charge on any atom is 0.338 e. The highest BCUT2D eigenvalue weighted by Gasteiger charge is 2.30. The van der Waals surface area contributed by atoms with Crippen molar-refractivity contribution in [1.82, 2.24) is 15.7 Å². The third-order valence-electron chi connectivity index (χ3n) is 5.98. The molecular formula is C26H34FN3O8. The van der Waals surface area contributed by atoms with Gasteiger partial charge in [-0.25, -0.2) is 14.2 Å². The monoisotopic (exact) mass is 535 g/mol. The lowest BCUT2D eigenvalue weighted by molar-refractivity contribution is -0.168. The van der Waals surface area contributed by atoms with Crippen molar-refractivity contribution >= 4 is 24.2 Å². The predicted molar refractivity (Wildman–Crippen MR) is 134 cm³/mol. The molecule has 4 N–H and O–H groups in total. The molecule has 2 atom stereocenters. The Morgan fingerprint density at radius 3 is 2.50 bits per heavy atom. The van der Waals surface area contributed by atoms with Crippen LogP contribution in [-0.4, -0.2) is 58.9 Å². The number of aromatic carboxylic acids is 1. The van der Waals surface area contributed by atoms with E-state index in [9.17, 15) is 33.9 Å². The summed E-state index contributed by atoms with van der Waals surface area (Å²) in [5, 5.41) is 24.8. The molecule has 1 heterocycles. The van der Waals surface area contributed by atoms with Crippen molar-refractivity contribution < 1.29 is 43.0 Å². The van der Waals surface area contributed by atoms with Gasteiger partial charge in [-0.3, -0.25) is 19.6 Å². The first-order valence-electron chi connectivity index (χ1n) is 12.5. The molecule has 11 nitrogen and oxygen atoms in total. The Morgan fingerprint density at radius 2 is 1.89 bits per heavy atom. The molecule has 1 unspecified atom stereocenters. The highest BCUT2D eigenvalue weighted by molar-refractivity contribution is 5.93. The quantitative estimate of drug-likeness (QED) is 0.0830. The topological polar surface area (TPSA) is 158 Å². The molecule has 0 saturated heterocycles. The van der Waals surface area contributed by atoms with Gasteiger partial charge in [0.25, 0.3) is 5.91 Å². The number of benzene rings is 1. The zero-order chi connectivity index (χ0) is 28.2. The van der Waals surface area contributed by atoms with Gasteiger partial charge in [0, 0.05) is 5.56 Å². The molecule has 208 valence electrons. The molecule has 2 aromatic rings. The van der Waals surface area contributed by atoms with Crippen LogP contribution in [0.15, 0.2) is 28.7 Å². The molecule has 1 aromatic heterocycles. The predicted octanol–water partition coefficient (Wildman–Crippen LogP) is 3.81. The van der Waals surface area contributed by atoms with E-state index in [1.54, 1.807) is 13.8 Å². The summed E-state index contributed by atoms with van der Waals surface area (Å²) in [5.41, 5.74) is -0.408. The summed E-state index contributed by atoms with van der Waals surface area (Å²) >= 11 is 0. The van der Waals surface area contributed by atoms with Crippen molar-refractivity contribution in [3.63, 3.8) is 0 Å². The number of halogens is 1. The number of amides is 3. The molecule has 2 rings (SSSR count). The average molecular weight is 536 g/mol. The number of furan rings is 1. The van der Waals surface area contributed by atoms with Gasteiger partial charge in [-0.15, -0.1) is 0 Å². The van der Waals surface area contributed by atoms with Crippen LogP contribution < -0.4 is 15.4 Å². The van der Waals surface area contributed by atoms with Crippen molar-refractivity contribution in [3.8, 4) is 17.1 Å². The van der Waals surface area contributed by atoms with Crippen LogP contribution in [0.25, 0.3) is 11.3 Å². The van der Waals surface area contributed by atoms with Gasteiger partial charge in [0.1, 0.15) is 5.76 Å². The van der Waals surface area contributed by atoms with E-state index in [1.807, 2.05) is 6.92 Å². The van der Waals surface area contributed by atoms with Crippen molar-refractivity contribution in [3.05, 3.63) is 41.4 Å². The number of carboxylic acids is 1. The summed E-state index contributed by atoms with van der Waals surface area (Å²) in [5.74, 6) is -4.53. The van der Waals surface area contributed by atoms with Crippen LogP contribution in [0, 0.1) is 11.7 Å². The van der Waals surface area contributed by atoms with Crippen LogP contribution in [0.3, 0.4) is 0 Å². The number of ether oxygens (including phenoxy) is 1. The Balaban J connectivity index is 2.09. The Kier molecular flexibility index (Phi) is 11.7. The number of hydroxylamine groups is 2. The Bertz CT molecular complexity index is 1120. The Labute approximate surface area is 219 Å². The minimum absolute atomic E-state index is 0.112. The van der Waals surface area contributed by atoms with Gasteiger partial charge in [-0.2, -0.15) is 0 Å². The van der Waals surface area contributed by atoms with Crippen LogP contribution in [0.1, 0.15) is 73.8 Å². The lowest BCUT2D eigenvalue weighted by Crippen LogP contribution is -2.47. The summed E-state index contributed by atoms with van der Waals surface area (Å²) < 4.78 is 25.1. The maximum atomic E-state index is 14.4. The molecule has 0 aliphatic carbocycles. The van der Waals surface area contributed by atoms with Gasteiger partial charge in [-0.1, -0.05) is 33.1 Å². The second-order valence-electron chi connectivity index (χ2n) is 8.52. The molecule has 0 aliphatic heterocycles. The van der Waals surface area contributed by atoms with E-state index in [0.29, 0.717) is 17.9 Å². The summed E-state index contributed by atoms with van der Waals surface area (Å²) in [6, 6.07) is 4.42. The number of nitrogens with one attached hydrogen (secondary N) is 2. The second kappa shape index (κ2) is 14.7. The third kappa shape index (κ3) is 7.78. The number of nitrogens with zero attached hydrogens (tertiary/aromatic N) is 1. The zero-order valence-corrected chi connectivity index (χ0v) is 21.7. The van der Waals surface area contributed by atoms with E-state index in [4.69, 9.17) is 9.15 Å². The van der Waals surface area contributed by atoms with Gasteiger partial charge in [0.05, 0.1) is 30.8 Å². The van der Waals surface area contributed by atoms with E-state index in [2.05, 4.69) is 10.6 Å². The number of carbonyl (C=O) groups is 4. The SMILES string of the molecule is CCCCCC(C(=O)NCNC(=O)c1ccc(-c2cc(OCC)c(F)c(C(=O)O)c2)o1)[C@@H](CC)N(O)C=O. The zero-order valence-electron chi connectivity index (χ0n) is 21.7. The average Bonchev–Trinajstić information content (AvgIpc) is 3.39. The van der Waals surface area contributed by atoms with Gasteiger partial charge in [-0.05, 0) is 44.0 Å². The molecule has 3 amide bonds. The van der Waals surface area contributed by atoms with Crippen molar-refractivity contribution in [2.75, 3.05) is 13.3 Å². The number of hydrogen-bond donors (Lipinski definition) is 4. The molecule has 38 heavy (non-hydrogen) atoms. The number of carbonyl (C=O) groups excluding carboxylic acids is 3. The molecule has 1 aromatic carbocycles. The maximum absolute atomic E-state index is 14.4. The second-order valence-corrected chi connectivity index (χ2v) is 8.52. The fraction of sp³-hybridized carbons (Fsp3) is 0.462. The standard InChI is InChI=1S/C26H34FN3O8/c1-4-7-8-9-17(19(5-2)30(36)15-31)24(32)28-14-29-25(33)21-11-10-20(38-21)16-12-18(26(34)35)23(27)22(13-16)37-6-3/h10-13,15,17,19,36H,4-9,14H2,1-3H3,(H,28,32)(H,29,33)(H,34,35)/t17?,19-/m1/s1. The molecule has 0 fully saturated rings. The van der Waals surface area contributed by atoms with Crippen LogP contribution in [0.5, 0.6) is 5.75 Å². The molecule has 12 heteroatoms. The van der Waals surface area contributed by atoms with Crippen LogP contribution in [-0.2, 0) is 9.59 Å². The summed E-state index contributed by atoms with van der Waals surface area (Å²) in [6.45, 7) is 5.27. The van der Waals surface area contributed by atoms with Crippen molar-refractivity contribution in [2.45, 2.75) is 58.9 Å². The highest BCUT2D eigenvalue weighted by atomic mass is 19.1. The number of carboxylic acid groups (broad SMARTS) is 1. The third-order valence-corrected chi connectivity index (χ3v) is 5.98. The Morgan fingerprint density at radius 1 is 1.16 bits per heavy atom. The molecule has 0 aliphatic rings. The van der Waals surface area contributed by atoms with E-state index in [-0.39, 0.29) is 42.5 Å². The molecule has 0 radical (unpaired) electrons. The fourth-order valence-corrected chi connectivity index (χ4v) is 4.05. The molecule has 0 spiro atoms. The molecule has 0 bridgehead atoms. The summed E-state index contributed by atoms with van der Waals surface area (Å²) in [7, 11) is 0. The Hall–Kier alpha value is -3.93. The van der Waals surface area contributed by atoms with Gasteiger partial charge in [0.2, 0.25) is 12.3 Å². The van der Waals surface area contributed by atoms with Gasteiger partial charge < -0.3 is 24.9 Å². The van der Waals surface area contributed by atoms with E-state index in [1.165, 1.54) is 18.2 Å². The van der Waals surface area contributed by atoms with E-state index in [0.717, 1.165) is 25.3 Å². The van der Waals surface area contributed by atoms with Crippen molar-refractivity contribution in [1.29, 1.82) is 0 Å². The molecule has 0 saturated carbocycles. The fourth-order valence-electron chi connectivity index (χ4n) is 4.05. The first-order chi connectivity index (χ1) is 18.2. The van der Waals surface area contributed by atoms with Crippen LogP contribution in [0.4, 0.5) is 4.39 Å². The smallest absolute Gasteiger partial charge is 0.338 e. The number of unbranched alkanes of at least 4 members (excludes halogenated alkanes) is 2. The van der Waals surface area contributed by atoms with Gasteiger partial charge in [0.15, 0.2) is 17.3 Å². The first kappa shape index (κ1) is 30.3. The van der Waals surface area contributed by atoms with E-state index < -0.39 is 41.1 Å². The molecular weight excluding hydrogens is 501 g/mol. The first-order valence-corrected chi connectivity index (χ1v) is 12.5. The largest absolute Gasteiger partial charge is 0.491 e. The van der Waals surface area contributed by atoms with Crippen LogP contribution in [0.2, 0.25) is 0 Å². The van der Waals surface area contributed by atoms with Gasteiger partial charge >= 0.3 is 5.97 Å². The lowest BCUT2D eigenvalue weighted by Gasteiger charge is -2.29.